The second kappa shape index (κ2) is 9.74. The average Bonchev–Trinajstić information content (AvgIpc) is 3.25. The van der Waals surface area contributed by atoms with Crippen molar-refractivity contribution in [3.8, 4) is 5.75 Å². The van der Waals surface area contributed by atoms with Gasteiger partial charge in [0.2, 0.25) is 5.91 Å². The van der Waals surface area contributed by atoms with Gasteiger partial charge in [0.05, 0.1) is 6.61 Å². The third-order valence-corrected chi connectivity index (χ3v) is 6.38. The first-order valence-electron chi connectivity index (χ1n) is 11.5. The van der Waals surface area contributed by atoms with Gasteiger partial charge in [-0.2, -0.15) is 0 Å². The lowest BCUT2D eigenvalue weighted by Crippen LogP contribution is -2.56. The van der Waals surface area contributed by atoms with Crippen LogP contribution in [-0.2, 0) is 17.8 Å². The van der Waals surface area contributed by atoms with Crippen LogP contribution >= 0.6 is 0 Å². The van der Waals surface area contributed by atoms with Crippen LogP contribution in [0.25, 0.3) is 0 Å². The summed E-state index contributed by atoms with van der Waals surface area (Å²) in [6, 6.07) is 13.4. The highest BCUT2D eigenvalue weighted by molar-refractivity contribution is 5.97. The maximum Gasteiger partial charge on any atom is 0.251 e. The van der Waals surface area contributed by atoms with Crippen LogP contribution in [0.1, 0.15) is 40.9 Å². The SMILES string of the molecule is Cc1ccc(C(=O)N[C@H](C(=O)N2CCN(Cc3ccc4c(c3)CCO4)CC2)C(C)C)cc1. The van der Waals surface area contributed by atoms with E-state index >= 15 is 0 Å². The molecular formula is C26H33N3O3. The average molecular weight is 436 g/mol. The summed E-state index contributed by atoms with van der Waals surface area (Å²) in [5, 5.41) is 2.97. The number of nitrogens with zero attached hydrogens (tertiary/aromatic N) is 2. The summed E-state index contributed by atoms with van der Waals surface area (Å²) in [6.07, 6.45) is 0.982. The number of carbonyl (C=O) groups is 2. The number of carbonyl (C=O) groups excluding carboxylic acids is 2. The van der Waals surface area contributed by atoms with Crippen LogP contribution in [0.15, 0.2) is 42.5 Å². The van der Waals surface area contributed by atoms with Crippen LogP contribution in [0.3, 0.4) is 0 Å². The van der Waals surface area contributed by atoms with E-state index in [9.17, 15) is 9.59 Å². The fourth-order valence-electron chi connectivity index (χ4n) is 4.36. The lowest BCUT2D eigenvalue weighted by molar-refractivity contribution is -0.136. The number of fused-ring (bicyclic) bond motifs is 1. The van der Waals surface area contributed by atoms with Gasteiger partial charge < -0.3 is 15.0 Å². The van der Waals surface area contributed by atoms with Crippen LogP contribution in [-0.4, -0.2) is 60.4 Å². The fraction of sp³-hybridized carbons (Fsp3) is 0.462. The van der Waals surface area contributed by atoms with E-state index in [1.165, 1.54) is 11.1 Å². The van der Waals surface area contributed by atoms with E-state index in [0.717, 1.165) is 44.0 Å². The van der Waals surface area contributed by atoms with E-state index in [-0.39, 0.29) is 17.7 Å². The number of amides is 2. The topological polar surface area (TPSA) is 61.9 Å². The normalized spacial score (nSPS) is 17.1. The van der Waals surface area contributed by atoms with Crippen molar-refractivity contribution in [2.45, 2.75) is 39.8 Å². The Labute approximate surface area is 190 Å². The van der Waals surface area contributed by atoms with Crippen molar-refractivity contribution in [3.05, 3.63) is 64.7 Å². The van der Waals surface area contributed by atoms with Crippen LogP contribution < -0.4 is 10.1 Å². The Kier molecular flexibility index (Phi) is 6.80. The van der Waals surface area contributed by atoms with Crippen molar-refractivity contribution in [2.75, 3.05) is 32.8 Å². The standard InChI is InChI=1S/C26H33N3O3/c1-18(2)24(27-25(30)21-7-4-19(3)5-8-21)26(31)29-13-11-28(12-14-29)17-20-6-9-23-22(16-20)10-15-32-23/h4-9,16,18,24H,10-15,17H2,1-3H3,(H,27,30)/t24-/m0/s1. The molecule has 2 aliphatic rings. The third-order valence-electron chi connectivity index (χ3n) is 6.38. The van der Waals surface area contributed by atoms with Gasteiger partial charge in [-0.15, -0.1) is 0 Å². The molecule has 0 aromatic heterocycles. The molecule has 32 heavy (non-hydrogen) atoms. The van der Waals surface area contributed by atoms with Crippen molar-refractivity contribution in [2.24, 2.45) is 5.92 Å². The van der Waals surface area contributed by atoms with Crippen LogP contribution in [0.2, 0.25) is 0 Å². The predicted molar refractivity (Wildman–Crippen MR) is 125 cm³/mol. The van der Waals surface area contributed by atoms with E-state index in [0.29, 0.717) is 18.7 Å². The third kappa shape index (κ3) is 5.13. The summed E-state index contributed by atoms with van der Waals surface area (Å²) in [6.45, 7) is 10.6. The van der Waals surface area contributed by atoms with Crippen LogP contribution in [0.4, 0.5) is 0 Å². The zero-order valence-electron chi connectivity index (χ0n) is 19.3. The molecule has 6 heteroatoms. The van der Waals surface area contributed by atoms with Gasteiger partial charge in [0.15, 0.2) is 0 Å². The minimum absolute atomic E-state index is 0.00907. The van der Waals surface area contributed by atoms with Crippen molar-refractivity contribution in [1.29, 1.82) is 0 Å². The maximum atomic E-state index is 13.2. The van der Waals surface area contributed by atoms with Crippen molar-refractivity contribution in [3.63, 3.8) is 0 Å². The molecule has 2 aliphatic heterocycles. The van der Waals surface area contributed by atoms with Crippen LogP contribution in [0.5, 0.6) is 5.75 Å². The lowest BCUT2D eigenvalue weighted by atomic mass is 10.0. The number of hydrogen-bond acceptors (Lipinski definition) is 4. The molecule has 4 rings (SSSR count). The number of ether oxygens (including phenoxy) is 1. The molecule has 1 atom stereocenters. The predicted octanol–water partition coefficient (Wildman–Crippen LogP) is 3.03. The number of nitrogens with one attached hydrogen (secondary N) is 1. The van der Waals surface area contributed by atoms with E-state index in [1.54, 1.807) is 12.1 Å². The van der Waals surface area contributed by atoms with Crippen molar-refractivity contribution < 1.29 is 14.3 Å². The molecule has 6 nitrogen and oxygen atoms in total. The fourth-order valence-corrected chi connectivity index (χ4v) is 4.36. The second-order valence-electron chi connectivity index (χ2n) is 9.20. The minimum Gasteiger partial charge on any atom is -0.493 e. The monoisotopic (exact) mass is 435 g/mol. The van der Waals surface area contributed by atoms with Gasteiger partial charge in [0.25, 0.3) is 5.91 Å². The van der Waals surface area contributed by atoms with Gasteiger partial charge in [0, 0.05) is 44.7 Å². The van der Waals surface area contributed by atoms with E-state index < -0.39 is 6.04 Å². The van der Waals surface area contributed by atoms with E-state index in [4.69, 9.17) is 4.74 Å². The van der Waals surface area contributed by atoms with Gasteiger partial charge >= 0.3 is 0 Å². The molecule has 2 aromatic rings. The molecule has 0 unspecified atom stereocenters. The Morgan fingerprint density at radius 1 is 1.03 bits per heavy atom. The van der Waals surface area contributed by atoms with Crippen LogP contribution in [0, 0.1) is 12.8 Å². The van der Waals surface area contributed by atoms with Gasteiger partial charge in [-0.1, -0.05) is 43.7 Å². The van der Waals surface area contributed by atoms with Gasteiger partial charge in [-0.25, -0.2) is 0 Å². The summed E-state index contributed by atoms with van der Waals surface area (Å²) < 4.78 is 5.60. The molecule has 2 heterocycles. The molecule has 0 aliphatic carbocycles. The van der Waals surface area contributed by atoms with Crippen molar-refractivity contribution >= 4 is 11.8 Å². The summed E-state index contributed by atoms with van der Waals surface area (Å²) >= 11 is 0. The summed E-state index contributed by atoms with van der Waals surface area (Å²) in [4.78, 5) is 30.2. The minimum atomic E-state index is -0.521. The Morgan fingerprint density at radius 2 is 1.75 bits per heavy atom. The molecule has 1 saturated heterocycles. The first-order valence-corrected chi connectivity index (χ1v) is 11.5. The van der Waals surface area contributed by atoms with E-state index in [2.05, 4.69) is 28.4 Å². The van der Waals surface area contributed by atoms with E-state index in [1.807, 2.05) is 37.8 Å². The molecule has 0 spiro atoms. The molecule has 2 aromatic carbocycles. The highest BCUT2D eigenvalue weighted by atomic mass is 16.5. The van der Waals surface area contributed by atoms with Gasteiger partial charge in [-0.3, -0.25) is 14.5 Å². The highest BCUT2D eigenvalue weighted by Gasteiger charge is 2.31. The number of rotatable bonds is 6. The first kappa shape index (κ1) is 22.3. The Balaban J connectivity index is 1.32. The van der Waals surface area contributed by atoms with Gasteiger partial charge in [-0.05, 0) is 42.2 Å². The lowest BCUT2D eigenvalue weighted by Gasteiger charge is -2.37. The molecule has 170 valence electrons. The zero-order chi connectivity index (χ0) is 22.7. The number of aryl methyl sites for hydroxylation is 1. The Bertz CT molecular complexity index is 963. The molecule has 2 amide bonds. The molecule has 0 saturated carbocycles. The Morgan fingerprint density at radius 3 is 2.44 bits per heavy atom. The second-order valence-corrected chi connectivity index (χ2v) is 9.20. The smallest absolute Gasteiger partial charge is 0.251 e. The molecular weight excluding hydrogens is 402 g/mol. The number of piperazine rings is 1. The zero-order valence-corrected chi connectivity index (χ0v) is 19.3. The number of benzene rings is 2. The summed E-state index contributed by atoms with van der Waals surface area (Å²) in [7, 11) is 0. The molecule has 1 N–H and O–H groups in total. The first-order chi connectivity index (χ1) is 15.4. The summed E-state index contributed by atoms with van der Waals surface area (Å²) in [5.41, 5.74) is 4.27. The number of hydrogen-bond donors (Lipinski definition) is 1. The summed E-state index contributed by atoms with van der Waals surface area (Å²) in [5.74, 6) is 0.839. The largest absolute Gasteiger partial charge is 0.493 e. The van der Waals surface area contributed by atoms with Crippen molar-refractivity contribution in [1.82, 2.24) is 15.1 Å². The Hall–Kier alpha value is -2.86. The highest BCUT2D eigenvalue weighted by Crippen LogP contribution is 2.26. The quantitative estimate of drug-likeness (QED) is 0.758. The molecule has 1 fully saturated rings. The molecule has 0 bridgehead atoms. The van der Waals surface area contributed by atoms with Gasteiger partial charge in [0.1, 0.15) is 11.8 Å². The molecule has 0 radical (unpaired) electrons. The maximum absolute atomic E-state index is 13.2.